The van der Waals surface area contributed by atoms with Crippen LogP contribution in [-0.4, -0.2) is 56.0 Å². The number of hydrogen-bond donors (Lipinski definition) is 3. The molecule has 1 atom stereocenters. The van der Waals surface area contributed by atoms with E-state index < -0.39 is 65.5 Å². The molecule has 10 nitrogen and oxygen atoms in total. The van der Waals surface area contributed by atoms with E-state index in [0.717, 1.165) is 6.07 Å². The van der Waals surface area contributed by atoms with Crippen molar-refractivity contribution in [2.24, 2.45) is 0 Å². The highest BCUT2D eigenvalue weighted by molar-refractivity contribution is 6.09. The molecule has 13 heteroatoms. The molecule has 186 valence electrons. The molecule has 3 rings (SSSR count). The molecule has 1 aliphatic rings. The lowest BCUT2D eigenvalue weighted by Gasteiger charge is -2.23. The Hall–Kier alpha value is -4.29. The molecule has 5 amide bonds. The van der Waals surface area contributed by atoms with E-state index in [1.165, 1.54) is 27.2 Å². The van der Waals surface area contributed by atoms with Crippen LogP contribution in [0.15, 0.2) is 30.3 Å². The zero-order valence-corrected chi connectivity index (χ0v) is 18.8. The van der Waals surface area contributed by atoms with Gasteiger partial charge in [0.1, 0.15) is 12.1 Å². The quantitative estimate of drug-likeness (QED) is 0.379. The van der Waals surface area contributed by atoms with Gasteiger partial charge in [0, 0.05) is 0 Å². The van der Waals surface area contributed by atoms with Crippen molar-refractivity contribution in [1.82, 2.24) is 15.5 Å². The molecule has 0 aliphatic carbocycles. The summed E-state index contributed by atoms with van der Waals surface area (Å²) >= 11 is 0. The number of nitrogens with zero attached hydrogens (tertiary/aromatic N) is 1. The van der Waals surface area contributed by atoms with E-state index in [2.05, 4.69) is 10.6 Å². The first-order valence-corrected chi connectivity index (χ1v) is 10.1. The van der Waals surface area contributed by atoms with Crippen LogP contribution in [0.25, 0.3) is 0 Å². The Balaban J connectivity index is 1.63. The molecule has 0 saturated carbocycles. The maximum atomic E-state index is 13.7. The molecule has 0 spiro atoms. The number of carbonyl (C=O) groups is 4. The molecule has 1 saturated heterocycles. The highest BCUT2D eigenvalue weighted by atomic mass is 19.2. The lowest BCUT2D eigenvalue weighted by molar-refractivity contribution is -0.135. The molecule has 35 heavy (non-hydrogen) atoms. The lowest BCUT2D eigenvalue weighted by Crippen LogP contribution is -2.44. The van der Waals surface area contributed by atoms with Gasteiger partial charge in [-0.1, -0.05) is 6.07 Å². The molecule has 1 aliphatic heterocycles. The smallest absolute Gasteiger partial charge is 0.325 e. The van der Waals surface area contributed by atoms with E-state index in [1.807, 2.05) is 5.32 Å². The summed E-state index contributed by atoms with van der Waals surface area (Å²) in [6, 6.07) is 5.24. The van der Waals surface area contributed by atoms with Gasteiger partial charge in [0.05, 0.1) is 26.5 Å². The molecule has 2 aromatic rings. The second kappa shape index (κ2) is 9.91. The van der Waals surface area contributed by atoms with Crippen molar-refractivity contribution in [2.45, 2.75) is 12.5 Å². The van der Waals surface area contributed by atoms with E-state index in [4.69, 9.17) is 9.47 Å². The van der Waals surface area contributed by atoms with Crippen LogP contribution in [0, 0.1) is 17.5 Å². The molecule has 3 N–H and O–H groups in total. The van der Waals surface area contributed by atoms with Crippen molar-refractivity contribution in [3.8, 4) is 11.5 Å². The number of hydrogen-bond acceptors (Lipinski definition) is 6. The number of urea groups is 1. The molecule has 0 aromatic heterocycles. The van der Waals surface area contributed by atoms with E-state index in [9.17, 15) is 32.3 Å². The molecular weight excluding hydrogens is 473 g/mol. The summed E-state index contributed by atoms with van der Waals surface area (Å²) in [6.07, 6.45) is 0. The van der Waals surface area contributed by atoms with Crippen molar-refractivity contribution < 1.29 is 41.8 Å². The number of nitrogens with one attached hydrogen (secondary N) is 3. The summed E-state index contributed by atoms with van der Waals surface area (Å²) in [7, 11) is 2.85. The lowest BCUT2D eigenvalue weighted by atomic mass is 9.91. The van der Waals surface area contributed by atoms with E-state index in [-0.39, 0.29) is 0 Å². The van der Waals surface area contributed by atoms with Gasteiger partial charge in [-0.2, -0.15) is 0 Å². The van der Waals surface area contributed by atoms with Gasteiger partial charge in [-0.15, -0.1) is 0 Å². The summed E-state index contributed by atoms with van der Waals surface area (Å²) in [5.41, 5.74) is -1.74. The van der Waals surface area contributed by atoms with Gasteiger partial charge in [0.25, 0.3) is 5.91 Å². The number of methoxy groups -OCH3 is 2. The number of imide groups is 1. The normalized spacial score (nSPS) is 17.1. The van der Waals surface area contributed by atoms with Crippen LogP contribution in [0.3, 0.4) is 0 Å². The third kappa shape index (κ3) is 4.98. The SMILES string of the molecule is COc1ccc([C@@]2(C)NC(=O)N(CC(=O)NCC(=O)Nc3ccc(F)c(F)c3F)C2=O)cc1OC. The Kier molecular flexibility index (Phi) is 7.17. The van der Waals surface area contributed by atoms with Crippen LogP contribution in [0.5, 0.6) is 11.5 Å². The molecule has 0 bridgehead atoms. The van der Waals surface area contributed by atoms with E-state index in [1.54, 1.807) is 12.1 Å². The monoisotopic (exact) mass is 494 g/mol. The fourth-order valence-corrected chi connectivity index (χ4v) is 3.38. The Morgan fingerprint density at radius 2 is 1.69 bits per heavy atom. The Bertz CT molecular complexity index is 1210. The van der Waals surface area contributed by atoms with Gasteiger partial charge in [-0.05, 0) is 36.8 Å². The van der Waals surface area contributed by atoms with Crippen LogP contribution in [0.2, 0.25) is 0 Å². The maximum Gasteiger partial charge on any atom is 0.325 e. The number of benzene rings is 2. The number of rotatable bonds is 8. The van der Waals surface area contributed by atoms with Crippen molar-refractivity contribution in [3.05, 3.63) is 53.3 Å². The summed E-state index contributed by atoms with van der Waals surface area (Å²) < 4.78 is 50.3. The van der Waals surface area contributed by atoms with Gasteiger partial charge >= 0.3 is 6.03 Å². The molecule has 2 aromatic carbocycles. The van der Waals surface area contributed by atoms with Crippen LogP contribution < -0.4 is 25.4 Å². The third-order valence-corrected chi connectivity index (χ3v) is 5.29. The van der Waals surface area contributed by atoms with Gasteiger partial charge in [-0.3, -0.25) is 19.3 Å². The first kappa shape index (κ1) is 25.3. The molecular formula is C22H21F3N4O6. The van der Waals surface area contributed by atoms with Crippen molar-refractivity contribution in [2.75, 3.05) is 32.6 Å². The fraction of sp³-hybridized carbons (Fsp3) is 0.273. The second-order valence-electron chi connectivity index (χ2n) is 7.56. The van der Waals surface area contributed by atoms with Gasteiger partial charge in [0.15, 0.2) is 29.0 Å². The first-order valence-electron chi connectivity index (χ1n) is 10.1. The second-order valence-corrected chi connectivity index (χ2v) is 7.56. The van der Waals surface area contributed by atoms with E-state index >= 15 is 0 Å². The minimum atomic E-state index is -1.76. The number of halogens is 3. The maximum absolute atomic E-state index is 13.7. The molecule has 0 radical (unpaired) electrons. The number of anilines is 1. The Labute approximate surface area is 197 Å². The van der Waals surface area contributed by atoms with Gasteiger partial charge in [0.2, 0.25) is 11.8 Å². The average Bonchev–Trinajstić information content (AvgIpc) is 3.06. The minimum Gasteiger partial charge on any atom is -0.493 e. The Morgan fingerprint density at radius 1 is 1.00 bits per heavy atom. The summed E-state index contributed by atoms with van der Waals surface area (Å²) in [6.45, 7) is 0.0600. The van der Waals surface area contributed by atoms with Crippen molar-refractivity contribution in [1.29, 1.82) is 0 Å². The third-order valence-electron chi connectivity index (χ3n) is 5.29. The summed E-state index contributed by atoms with van der Waals surface area (Å²) in [5.74, 6) is -6.59. The summed E-state index contributed by atoms with van der Waals surface area (Å²) in [4.78, 5) is 50.3. The standard InChI is InChI=1S/C22H21F3N4O6/c1-22(11-4-7-14(34-2)15(8-11)35-3)20(32)29(21(33)28-22)10-17(31)26-9-16(30)27-13-6-5-12(23)18(24)19(13)25/h4-8H,9-10H2,1-3H3,(H,26,31)(H,27,30)(H,28,33)/t22-/m1/s1. The van der Waals surface area contributed by atoms with Gasteiger partial charge in [-0.25, -0.2) is 18.0 Å². The van der Waals surface area contributed by atoms with Crippen LogP contribution in [0.1, 0.15) is 12.5 Å². The van der Waals surface area contributed by atoms with Crippen LogP contribution in [0.4, 0.5) is 23.7 Å². The molecule has 0 unspecified atom stereocenters. The fourth-order valence-electron chi connectivity index (χ4n) is 3.38. The average molecular weight is 494 g/mol. The predicted octanol–water partition coefficient (Wildman–Crippen LogP) is 1.64. The van der Waals surface area contributed by atoms with E-state index in [0.29, 0.717) is 28.0 Å². The summed E-state index contributed by atoms with van der Waals surface area (Å²) in [5, 5.41) is 6.68. The zero-order valence-electron chi connectivity index (χ0n) is 18.8. The van der Waals surface area contributed by atoms with Crippen LogP contribution >= 0.6 is 0 Å². The number of carbonyl (C=O) groups excluding carboxylic acids is 4. The number of ether oxygens (including phenoxy) is 2. The molecule has 1 heterocycles. The van der Waals surface area contributed by atoms with Crippen molar-refractivity contribution >= 4 is 29.4 Å². The van der Waals surface area contributed by atoms with Crippen LogP contribution in [-0.2, 0) is 19.9 Å². The number of amides is 5. The highest BCUT2D eigenvalue weighted by Gasteiger charge is 2.49. The minimum absolute atomic E-state index is 0.327. The largest absolute Gasteiger partial charge is 0.493 e. The van der Waals surface area contributed by atoms with Gasteiger partial charge < -0.3 is 25.4 Å². The highest BCUT2D eigenvalue weighted by Crippen LogP contribution is 2.35. The van der Waals surface area contributed by atoms with Crippen molar-refractivity contribution in [3.63, 3.8) is 0 Å². The zero-order chi connectivity index (χ0) is 25.9. The molecule has 1 fully saturated rings. The first-order chi connectivity index (χ1) is 16.5. The topological polar surface area (TPSA) is 126 Å². The predicted molar refractivity (Wildman–Crippen MR) is 115 cm³/mol. The Morgan fingerprint density at radius 3 is 2.34 bits per heavy atom.